The third-order valence-corrected chi connectivity index (χ3v) is 4.39. The van der Waals surface area contributed by atoms with E-state index in [4.69, 9.17) is 0 Å². The van der Waals surface area contributed by atoms with Gasteiger partial charge in [0.1, 0.15) is 0 Å². The van der Waals surface area contributed by atoms with Crippen molar-refractivity contribution in [3.63, 3.8) is 0 Å². The van der Waals surface area contributed by atoms with Gasteiger partial charge in [0.05, 0.1) is 12.2 Å². The average Bonchev–Trinajstić information content (AvgIpc) is 2.66. The molecule has 0 aromatic heterocycles. The summed E-state index contributed by atoms with van der Waals surface area (Å²) in [6, 6.07) is 0.0520. The van der Waals surface area contributed by atoms with Crippen molar-refractivity contribution in [1.29, 1.82) is 0 Å². The maximum absolute atomic E-state index is 12.4. The van der Waals surface area contributed by atoms with Crippen LogP contribution in [0.5, 0.6) is 0 Å². The second-order valence-electron chi connectivity index (χ2n) is 5.86. The number of carbonyl (C=O) groups is 1. The van der Waals surface area contributed by atoms with Crippen molar-refractivity contribution < 1.29 is 4.79 Å². The van der Waals surface area contributed by atoms with E-state index in [1.54, 1.807) is 0 Å². The highest BCUT2D eigenvalue weighted by atomic mass is 32.2. The molecule has 2 atom stereocenters. The molecule has 19 heavy (non-hydrogen) atoms. The van der Waals surface area contributed by atoms with E-state index in [2.05, 4.69) is 37.2 Å². The minimum absolute atomic E-state index is 0.0520. The molecule has 1 rings (SSSR count). The first-order valence-corrected chi connectivity index (χ1v) is 9.05. The van der Waals surface area contributed by atoms with Crippen LogP contribution >= 0.6 is 11.8 Å². The second kappa shape index (κ2) is 8.85. The fourth-order valence-electron chi connectivity index (χ4n) is 2.70. The summed E-state index contributed by atoms with van der Waals surface area (Å²) in [6.45, 7) is 7.44. The first-order chi connectivity index (χ1) is 9.10. The predicted octanol–water partition coefficient (Wildman–Crippen LogP) is 3.10. The van der Waals surface area contributed by atoms with Crippen molar-refractivity contribution in [2.24, 2.45) is 5.92 Å². The van der Waals surface area contributed by atoms with Crippen LogP contribution in [0, 0.1) is 5.92 Å². The summed E-state index contributed by atoms with van der Waals surface area (Å²) in [4.78, 5) is 14.5. The van der Waals surface area contributed by atoms with Gasteiger partial charge in [-0.05, 0) is 43.6 Å². The van der Waals surface area contributed by atoms with Crippen LogP contribution in [0.25, 0.3) is 0 Å². The molecule has 1 heterocycles. The van der Waals surface area contributed by atoms with Gasteiger partial charge in [-0.1, -0.05) is 27.2 Å². The number of unbranched alkanes of at least 4 members (excludes halogenated alkanes) is 2. The fourth-order valence-corrected chi connectivity index (χ4v) is 3.19. The van der Waals surface area contributed by atoms with Crippen LogP contribution in [0.1, 0.15) is 52.9 Å². The van der Waals surface area contributed by atoms with Gasteiger partial charge in [0.25, 0.3) is 0 Å². The lowest BCUT2D eigenvalue weighted by Gasteiger charge is -2.22. The van der Waals surface area contributed by atoms with Crippen molar-refractivity contribution in [2.45, 2.75) is 65.1 Å². The summed E-state index contributed by atoms with van der Waals surface area (Å²) in [5.74, 6) is 2.13. The number of hydrogen-bond donors (Lipinski definition) is 1. The molecule has 0 saturated carbocycles. The molecule has 1 aliphatic rings. The van der Waals surface area contributed by atoms with Crippen LogP contribution in [-0.2, 0) is 4.79 Å². The monoisotopic (exact) mass is 286 g/mol. The third-order valence-electron chi connectivity index (χ3n) is 3.69. The molecule has 1 saturated heterocycles. The molecular weight excluding hydrogens is 256 g/mol. The maximum Gasteiger partial charge on any atom is 0.241 e. The van der Waals surface area contributed by atoms with E-state index in [-0.39, 0.29) is 12.2 Å². The zero-order chi connectivity index (χ0) is 14.3. The molecule has 3 nitrogen and oxygen atoms in total. The summed E-state index contributed by atoms with van der Waals surface area (Å²) in [5, 5.41) is 3.50. The van der Waals surface area contributed by atoms with E-state index in [0.29, 0.717) is 11.8 Å². The number of carbonyl (C=O) groups excluding carboxylic acids is 1. The Bertz CT molecular complexity index is 271. The van der Waals surface area contributed by atoms with E-state index >= 15 is 0 Å². The van der Waals surface area contributed by atoms with Crippen LogP contribution in [0.4, 0.5) is 0 Å². The molecule has 2 unspecified atom stereocenters. The van der Waals surface area contributed by atoms with E-state index < -0.39 is 0 Å². The molecule has 1 aliphatic heterocycles. The molecule has 0 spiro atoms. The average molecular weight is 286 g/mol. The van der Waals surface area contributed by atoms with Crippen molar-refractivity contribution >= 4 is 17.7 Å². The summed E-state index contributed by atoms with van der Waals surface area (Å²) in [5.41, 5.74) is 0. The Hall–Kier alpha value is -0.220. The lowest BCUT2D eigenvalue weighted by molar-refractivity contribution is -0.130. The molecule has 0 aliphatic carbocycles. The number of hydrogen-bond acceptors (Lipinski definition) is 3. The standard InChI is InChI=1S/C15H30N2OS/c1-5-14-16-13(11-12(2)3)15(18)17(14)9-7-6-8-10-19-4/h12-14,16H,5-11H2,1-4H3. The minimum Gasteiger partial charge on any atom is -0.326 e. The van der Waals surface area contributed by atoms with Gasteiger partial charge in [0.15, 0.2) is 0 Å². The second-order valence-corrected chi connectivity index (χ2v) is 6.84. The van der Waals surface area contributed by atoms with Crippen LogP contribution in [0.15, 0.2) is 0 Å². The summed E-state index contributed by atoms with van der Waals surface area (Å²) >= 11 is 1.90. The minimum atomic E-state index is 0.0520. The summed E-state index contributed by atoms with van der Waals surface area (Å²) in [6.07, 6.45) is 8.01. The topological polar surface area (TPSA) is 32.3 Å². The summed E-state index contributed by atoms with van der Waals surface area (Å²) < 4.78 is 0. The Balaban J connectivity index is 2.39. The van der Waals surface area contributed by atoms with E-state index in [0.717, 1.165) is 25.8 Å². The molecule has 1 fully saturated rings. The van der Waals surface area contributed by atoms with Gasteiger partial charge in [-0.25, -0.2) is 0 Å². The Morgan fingerprint density at radius 2 is 2.05 bits per heavy atom. The Kier molecular flexibility index (Phi) is 7.84. The van der Waals surface area contributed by atoms with E-state index in [9.17, 15) is 4.79 Å². The third kappa shape index (κ3) is 5.35. The van der Waals surface area contributed by atoms with Crippen molar-refractivity contribution in [3.8, 4) is 0 Å². The highest BCUT2D eigenvalue weighted by Gasteiger charge is 2.37. The Morgan fingerprint density at radius 3 is 2.63 bits per heavy atom. The van der Waals surface area contributed by atoms with Crippen LogP contribution < -0.4 is 5.32 Å². The highest BCUT2D eigenvalue weighted by Crippen LogP contribution is 2.19. The number of nitrogens with zero attached hydrogens (tertiary/aromatic N) is 1. The van der Waals surface area contributed by atoms with Crippen LogP contribution in [-0.4, -0.2) is 41.6 Å². The van der Waals surface area contributed by atoms with Crippen LogP contribution in [0.2, 0.25) is 0 Å². The molecule has 112 valence electrons. The van der Waals surface area contributed by atoms with E-state index in [1.807, 2.05) is 11.8 Å². The number of amides is 1. The quantitative estimate of drug-likeness (QED) is 0.661. The van der Waals surface area contributed by atoms with Gasteiger partial charge >= 0.3 is 0 Å². The molecule has 1 amide bonds. The Morgan fingerprint density at radius 1 is 1.32 bits per heavy atom. The van der Waals surface area contributed by atoms with Gasteiger partial charge in [-0.3, -0.25) is 10.1 Å². The van der Waals surface area contributed by atoms with Crippen molar-refractivity contribution in [3.05, 3.63) is 0 Å². The maximum atomic E-state index is 12.4. The molecule has 4 heteroatoms. The molecule has 0 bridgehead atoms. The smallest absolute Gasteiger partial charge is 0.241 e. The number of thioether (sulfide) groups is 1. The summed E-state index contributed by atoms with van der Waals surface area (Å²) in [7, 11) is 0. The zero-order valence-electron chi connectivity index (χ0n) is 12.9. The lowest BCUT2D eigenvalue weighted by Crippen LogP contribution is -2.37. The van der Waals surface area contributed by atoms with Gasteiger partial charge in [0.2, 0.25) is 5.91 Å². The van der Waals surface area contributed by atoms with Gasteiger partial charge in [-0.2, -0.15) is 11.8 Å². The normalized spacial score (nSPS) is 23.6. The lowest BCUT2D eigenvalue weighted by atomic mass is 10.0. The van der Waals surface area contributed by atoms with E-state index in [1.165, 1.54) is 18.6 Å². The van der Waals surface area contributed by atoms with Crippen molar-refractivity contribution in [2.75, 3.05) is 18.6 Å². The van der Waals surface area contributed by atoms with Crippen LogP contribution in [0.3, 0.4) is 0 Å². The van der Waals surface area contributed by atoms with Crippen molar-refractivity contribution in [1.82, 2.24) is 10.2 Å². The highest BCUT2D eigenvalue weighted by molar-refractivity contribution is 7.98. The SMILES string of the molecule is CCC1NC(CC(C)C)C(=O)N1CCCCCSC. The molecule has 0 aromatic carbocycles. The van der Waals surface area contributed by atoms with Gasteiger partial charge < -0.3 is 4.90 Å². The molecule has 0 aromatic rings. The van der Waals surface area contributed by atoms with Gasteiger partial charge in [0, 0.05) is 6.54 Å². The first-order valence-electron chi connectivity index (χ1n) is 7.65. The number of rotatable bonds is 9. The Labute approximate surface area is 122 Å². The first kappa shape index (κ1) is 16.8. The molecular formula is C15H30N2OS. The molecule has 0 radical (unpaired) electrons. The largest absolute Gasteiger partial charge is 0.326 e. The number of nitrogens with one attached hydrogen (secondary N) is 1. The fraction of sp³-hybridized carbons (Fsp3) is 0.933. The molecule has 1 N–H and O–H groups in total. The predicted molar refractivity (Wildman–Crippen MR) is 84.4 cm³/mol. The van der Waals surface area contributed by atoms with Gasteiger partial charge in [-0.15, -0.1) is 0 Å². The zero-order valence-corrected chi connectivity index (χ0v) is 13.8.